The molecule has 11 nitrogen and oxygen atoms in total. The molecule has 3 fully saturated rings. The summed E-state index contributed by atoms with van der Waals surface area (Å²) in [6, 6.07) is 11.9. The molecule has 6 aliphatic rings. The molecule has 3 heterocycles. The molecule has 3 aromatic rings. The first-order valence-corrected chi connectivity index (χ1v) is 24.7. The monoisotopic (exact) mass is 1280 g/mol. The number of alkyl halides is 6. The van der Waals surface area contributed by atoms with Crippen molar-refractivity contribution in [2.45, 2.75) is 108 Å². The fraction of sp³-hybridized carbons (Fsp3) is 0.489. The van der Waals surface area contributed by atoms with Gasteiger partial charge in [0, 0.05) is 31.3 Å². The maximum absolute atomic E-state index is 14.8. The Morgan fingerprint density at radius 1 is 0.611 bits per heavy atom. The fourth-order valence-electron chi connectivity index (χ4n) is 10.8. The summed E-state index contributed by atoms with van der Waals surface area (Å²) in [5.41, 5.74) is 14.8. The number of aliphatic hydroxyl groups is 2. The smallest absolute Gasteiger partial charge is 1.00 e. The molecule has 10 N–H and O–H groups in total. The van der Waals surface area contributed by atoms with Crippen molar-refractivity contribution < 1.29 is 76.2 Å². The molecule has 0 saturated heterocycles. The number of esters is 1. The van der Waals surface area contributed by atoms with E-state index >= 15 is 0 Å². The van der Waals surface area contributed by atoms with Crippen molar-refractivity contribution in [3.63, 3.8) is 0 Å². The summed E-state index contributed by atoms with van der Waals surface area (Å²) >= 11 is 8.23. The summed E-state index contributed by atoms with van der Waals surface area (Å²) in [4.78, 5) is 24.4. The van der Waals surface area contributed by atoms with Gasteiger partial charge >= 0.3 is 29.0 Å². The van der Waals surface area contributed by atoms with E-state index in [0.29, 0.717) is 44.2 Å². The Bertz CT molecular complexity index is 2660. The number of carbonyl (C=O) groups excluding carboxylic acids is 1. The van der Waals surface area contributed by atoms with E-state index < -0.39 is 101 Å². The minimum absolute atomic E-state index is 0. The molecule has 9 atom stereocenters. The van der Waals surface area contributed by atoms with Crippen LogP contribution >= 0.6 is 67.1 Å². The minimum Gasteiger partial charge on any atom is -1.00 e. The number of nitrogen functional groups attached to an aromatic ring is 1. The molecule has 0 radical (unpaired) electrons. The van der Waals surface area contributed by atoms with Gasteiger partial charge in [0.2, 0.25) is 0 Å². The minimum atomic E-state index is -3.42. The van der Waals surface area contributed by atoms with Crippen molar-refractivity contribution in [2.75, 3.05) is 12.8 Å². The zero-order valence-corrected chi connectivity index (χ0v) is 48.4. The van der Waals surface area contributed by atoms with E-state index in [4.69, 9.17) is 22.9 Å². The van der Waals surface area contributed by atoms with Crippen LogP contribution in [0.3, 0.4) is 0 Å². The maximum Gasteiger partial charge on any atom is 2.00 e. The molecular weight excluding hydrogens is 1230 g/mol. The van der Waals surface area contributed by atoms with Crippen LogP contribution in [0.2, 0.25) is 0 Å². The Morgan fingerprint density at radius 2 is 0.931 bits per heavy atom. The number of halogens is 12. The zero-order chi connectivity index (χ0) is 52.1. The van der Waals surface area contributed by atoms with E-state index in [1.165, 1.54) is 90.9 Å². The van der Waals surface area contributed by atoms with Gasteiger partial charge in [-0.25, -0.2) is 39.5 Å². The number of rotatable bonds is 6. The molecule has 0 bridgehead atoms. The number of nitrogens with two attached hydrogens (primary N) is 4. The summed E-state index contributed by atoms with van der Waals surface area (Å²) in [6.45, 7) is 9.47. The van der Waals surface area contributed by atoms with E-state index in [9.17, 15) is 54.5 Å². The SMILES string of the molecule is CC(C)(O)[C@@]12SC(N)=N[C@](C)(c3cc(Br)ccc3F)[C@@H]1C2(F)F.CC(C)(O)[C@@]12SC(N)=N[C@](C)(c3cc(N)ccc3F)[C@@H]1C2(F)F.COC(=O)[C@@]12SC(N)=N[C@](C)(c3cc(Br)ccc3F)[C@@H]1C2(F)F.[Br-].[CH3-].[Mg+2]. The number of hydrogen-bond acceptors (Lipinski definition) is 14. The van der Waals surface area contributed by atoms with Gasteiger partial charge in [0.15, 0.2) is 20.2 Å². The van der Waals surface area contributed by atoms with Crippen molar-refractivity contribution in [1.29, 1.82) is 0 Å². The van der Waals surface area contributed by atoms with E-state index in [1.807, 2.05) is 0 Å². The van der Waals surface area contributed by atoms with Crippen LogP contribution in [0.5, 0.6) is 0 Å². The molecule has 392 valence electrons. The topological polar surface area (TPSA) is 208 Å². The van der Waals surface area contributed by atoms with Gasteiger partial charge in [-0.1, -0.05) is 67.1 Å². The molecule has 0 spiro atoms. The third-order valence-electron chi connectivity index (χ3n) is 13.8. The first-order chi connectivity index (χ1) is 31.4. The van der Waals surface area contributed by atoms with Crippen molar-refractivity contribution in [3.05, 3.63) is 105 Å². The molecule has 0 unspecified atom stereocenters. The molecule has 3 aliphatic carbocycles. The molecule has 27 heteroatoms. The van der Waals surface area contributed by atoms with Crippen molar-refractivity contribution in [2.24, 2.45) is 49.9 Å². The van der Waals surface area contributed by atoms with Crippen molar-refractivity contribution in [1.82, 2.24) is 0 Å². The van der Waals surface area contributed by atoms with Gasteiger partial charge in [0.25, 0.3) is 17.8 Å². The van der Waals surface area contributed by atoms with Gasteiger partial charge in [-0.15, -0.1) is 0 Å². The zero-order valence-electron chi connectivity index (χ0n) is 39.8. The van der Waals surface area contributed by atoms with Gasteiger partial charge in [-0.3, -0.25) is 19.8 Å². The van der Waals surface area contributed by atoms with Crippen LogP contribution in [0.1, 0.15) is 65.2 Å². The number of aliphatic imine (C=N–C) groups is 3. The van der Waals surface area contributed by atoms with Gasteiger partial charge in [-0.05, 0) is 103 Å². The van der Waals surface area contributed by atoms with E-state index in [1.54, 1.807) is 0 Å². The standard InChI is InChI=1S/C15H16BrF3N2OS.C15H18F3N3OS.C14H12BrF3N2O2S.CH3.BrH.Mg/c1-12(2,22)14-10(15(14,18)19)13(3,21-11(20)23-14)8-6-7(16)4-5-9(8)17;1-12(2,22)14-10(15(14,17)18)13(3,21-11(20)23-14)8-6-7(19)4-5-9(8)16;1-12(7-5-6(15)3-4-8(7)16)9-13(10(21)22-2,14(9,17)18)23-11(19)20-12;;;/h4-6,10,22H,1-3H3,(H2,20,21);4-6,10,22H,19H2,1-3H3,(H2,20,21);3-5,9H,1-2H3,(H2,19,20);1H3;1H;/q;;;-1;;+2/p-1/t2*10-,13+,14-;9-,12+,13-;;;/m000.../s1. The summed E-state index contributed by atoms with van der Waals surface area (Å²) < 4.78 is 131. The van der Waals surface area contributed by atoms with Gasteiger partial charge < -0.3 is 62.3 Å². The number of fused-ring (bicyclic) bond motifs is 3. The average Bonchev–Trinajstić information content (AvgIpc) is 4.09. The number of thioether (sulfide) groups is 3. The Kier molecular flexibility index (Phi) is 16.8. The number of hydrogen-bond donors (Lipinski definition) is 6. The second-order valence-electron chi connectivity index (χ2n) is 19.1. The molecule has 9 rings (SSSR count). The Hall–Kier alpha value is -2.11. The molecule has 0 aromatic heterocycles. The van der Waals surface area contributed by atoms with Crippen LogP contribution in [0.15, 0.2) is 78.5 Å². The quantitative estimate of drug-likeness (QED) is 0.0538. The second-order valence-corrected chi connectivity index (χ2v) is 24.7. The van der Waals surface area contributed by atoms with Gasteiger partial charge in [-0.2, -0.15) is 0 Å². The molecular formula is C45H49Br3F9MgN7O4S3. The van der Waals surface area contributed by atoms with Crippen LogP contribution in [0.25, 0.3) is 0 Å². The molecule has 3 saturated carbocycles. The maximum atomic E-state index is 14.8. The third-order valence-corrected chi connectivity index (χ3v) is 19.4. The first-order valence-electron chi connectivity index (χ1n) is 20.6. The fourth-order valence-corrected chi connectivity index (χ4v) is 15.9. The van der Waals surface area contributed by atoms with Crippen LogP contribution in [-0.2, 0) is 26.1 Å². The predicted octanol–water partition coefficient (Wildman–Crippen LogP) is 6.21. The number of anilines is 1. The largest absolute Gasteiger partial charge is 2.00 e. The van der Waals surface area contributed by atoms with Crippen molar-refractivity contribution in [3.8, 4) is 0 Å². The normalized spacial score (nSPS) is 33.6. The predicted molar refractivity (Wildman–Crippen MR) is 269 cm³/mol. The summed E-state index contributed by atoms with van der Waals surface area (Å²) in [6.07, 6.45) is 0. The van der Waals surface area contributed by atoms with Crippen LogP contribution in [0.4, 0.5) is 45.2 Å². The third kappa shape index (κ3) is 8.79. The Balaban J connectivity index is 0.000000230. The van der Waals surface area contributed by atoms with Crippen molar-refractivity contribution >= 4 is 117 Å². The summed E-state index contributed by atoms with van der Waals surface area (Å²) in [5, 5.41) is 20.4. The van der Waals surface area contributed by atoms with E-state index in [0.717, 1.165) is 19.2 Å². The molecule has 3 aromatic carbocycles. The summed E-state index contributed by atoms with van der Waals surface area (Å²) in [7, 11) is 1.03. The first kappa shape index (κ1) is 62.4. The Labute approximate surface area is 466 Å². The molecule has 72 heavy (non-hydrogen) atoms. The number of carbonyl (C=O) groups is 1. The molecule has 0 amide bonds. The number of nitrogens with zero attached hydrogens (tertiary/aromatic N) is 3. The number of amidine groups is 3. The van der Waals surface area contributed by atoms with Crippen LogP contribution in [0, 0.1) is 42.6 Å². The van der Waals surface area contributed by atoms with Gasteiger partial charge in [0.1, 0.15) is 26.9 Å². The van der Waals surface area contributed by atoms with E-state index in [-0.39, 0.29) is 85.3 Å². The summed E-state index contributed by atoms with van der Waals surface area (Å²) in [5.74, 6) is -17.3. The number of ether oxygens (including phenoxy) is 1. The van der Waals surface area contributed by atoms with Crippen LogP contribution < -0.4 is 39.9 Å². The number of benzene rings is 3. The number of methoxy groups -OCH3 is 1. The Morgan fingerprint density at radius 3 is 1.28 bits per heavy atom. The average molecular weight is 1280 g/mol. The van der Waals surface area contributed by atoms with E-state index in [2.05, 4.69) is 51.6 Å². The van der Waals surface area contributed by atoms with Crippen LogP contribution in [-0.4, -0.2) is 105 Å². The molecule has 3 aliphatic heterocycles. The van der Waals surface area contributed by atoms with Gasteiger partial charge in [0.05, 0.1) is 52.7 Å². The second kappa shape index (κ2) is 19.4.